The summed E-state index contributed by atoms with van der Waals surface area (Å²) < 4.78 is 0. The van der Waals surface area contributed by atoms with E-state index in [1.165, 1.54) is 25.7 Å². The first-order valence-electron chi connectivity index (χ1n) is 5.74. The van der Waals surface area contributed by atoms with Crippen LogP contribution in [0.25, 0.3) is 0 Å². The number of unbranched alkanes of at least 4 members (excludes halogenated alkanes) is 1. The summed E-state index contributed by atoms with van der Waals surface area (Å²) in [5, 5.41) is 0. The molecule has 76 valence electrons. The fraction of sp³-hybridized carbons (Fsp3) is 0.846. The molecule has 0 saturated heterocycles. The number of rotatable bonds is 3. The van der Waals surface area contributed by atoms with Crippen LogP contribution in [0.1, 0.15) is 53.4 Å². The van der Waals surface area contributed by atoms with Crippen molar-refractivity contribution in [2.24, 2.45) is 17.3 Å². The number of hydrogen-bond donors (Lipinski definition) is 0. The lowest BCUT2D eigenvalue weighted by Crippen LogP contribution is -2.31. The zero-order valence-electron chi connectivity index (χ0n) is 9.64. The lowest BCUT2D eigenvalue weighted by atomic mass is 9.65. The third-order valence-corrected chi connectivity index (χ3v) is 3.59. The van der Waals surface area contributed by atoms with Crippen LogP contribution in [-0.2, 0) is 0 Å². The highest BCUT2D eigenvalue weighted by atomic mass is 14.4. The molecule has 0 heteroatoms. The van der Waals surface area contributed by atoms with Crippen LogP contribution in [-0.4, -0.2) is 0 Å². The predicted octanol–water partition coefficient (Wildman–Crippen LogP) is 4.42. The minimum atomic E-state index is 0.531. The second kappa shape index (κ2) is 4.30. The van der Waals surface area contributed by atoms with Gasteiger partial charge < -0.3 is 0 Å². The number of allylic oxidation sites excluding steroid dienone is 2. The van der Waals surface area contributed by atoms with E-state index in [0.29, 0.717) is 5.41 Å². The summed E-state index contributed by atoms with van der Waals surface area (Å²) >= 11 is 0. The summed E-state index contributed by atoms with van der Waals surface area (Å²) in [4.78, 5) is 0. The van der Waals surface area contributed by atoms with Crippen molar-refractivity contribution < 1.29 is 0 Å². The van der Waals surface area contributed by atoms with Gasteiger partial charge in [-0.1, -0.05) is 52.7 Å². The Labute approximate surface area is 83.4 Å². The molecule has 0 aromatic rings. The molecule has 0 aromatic heterocycles. The third kappa shape index (κ3) is 2.59. The molecule has 0 heterocycles. The van der Waals surface area contributed by atoms with Crippen LogP contribution >= 0.6 is 0 Å². The molecule has 0 radical (unpaired) electrons. The monoisotopic (exact) mass is 180 g/mol. The summed E-state index contributed by atoms with van der Waals surface area (Å²) in [5.74, 6) is 1.69. The van der Waals surface area contributed by atoms with E-state index in [9.17, 15) is 0 Å². The first-order valence-corrected chi connectivity index (χ1v) is 5.74. The summed E-state index contributed by atoms with van der Waals surface area (Å²) in [6, 6.07) is 0. The molecule has 2 atom stereocenters. The van der Waals surface area contributed by atoms with Crippen molar-refractivity contribution in [2.45, 2.75) is 53.4 Å². The Morgan fingerprint density at radius 2 is 2.08 bits per heavy atom. The summed E-state index contributed by atoms with van der Waals surface area (Å²) in [6.07, 6.45) is 10.2. The Balaban J connectivity index is 2.60. The van der Waals surface area contributed by atoms with E-state index in [0.717, 1.165) is 11.8 Å². The number of hydrogen-bond acceptors (Lipinski definition) is 0. The average Bonchev–Trinajstić information content (AvgIpc) is 2.02. The lowest BCUT2D eigenvalue weighted by Gasteiger charge is -2.40. The molecule has 0 spiro atoms. The summed E-state index contributed by atoms with van der Waals surface area (Å²) in [6.45, 7) is 9.51. The fourth-order valence-electron chi connectivity index (χ4n) is 2.66. The van der Waals surface area contributed by atoms with Crippen LogP contribution in [0.5, 0.6) is 0 Å². The van der Waals surface area contributed by atoms with Gasteiger partial charge in [-0.3, -0.25) is 0 Å². The van der Waals surface area contributed by atoms with Crippen LogP contribution in [0, 0.1) is 17.3 Å². The average molecular weight is 180 g/mol. The largest absolute Gasteiger partial charge is 0.0877 e. The quantitative estimate of drug-likeness (QED) is 0.564. The standard InChI is InChI=1S/C13H24/c1-5-6-9-12-11(2)8-7-10-13(12,3)4/h7-8,11-12H,5-6,9-10H2,1-4H3. The molecule has 0 aliphatic heterocycles. The molecular weight excluding hydrogens is 156 g/mol. The minimum absolute atomic E-state index is 0.531. The molecule has 1 rings (SSSR count). The van der Waals surface area contributed by atoms with Crippen molar-refractivity contribution in [1.82, 2.24) is 0 Å². The molecule has 0 amide bonds. The maximum Gasteiger partial charge on any atom is -0.0228 e. The van der Waals surface area contributed by atoms with Gasteiger partial charge in [0.15, 0.2) is 0 Å². The Hall–Kier alpha value is -0.260. The molecule has 0 bridgehead atoms. The van der Waals surface area contributed by atoms with E-state index in [2.05, 4.69) is 39.8 Å². The van der Waals surface area contributed by atoms with E-state index in [1.807, 2.05) is 0 Å². The maximum atomic E-state index is 2.42. The first-order chi connectivity index (χ1) is 6.08. The van der Waals surface area contributed by atoms with Gasteiger partial charge in [0.25, 0.3) is 0 Å². The van der Waals surface area contributed by atoms with E-state index >= 15 is 0 Å². The van der Waals surface area contributed by atoms with Gasteiger partial charge >= 0.3 is 0 Å². The van der Waals surface area contributed by atoms with Crippen LogP contribution in [0.4, 0.5) is 0 Å². The third-order valence-electron chi connectivity index (χ3n) is 3.59. The molecular formula is C13H24. The van der Waals surface area contributed by atoms with Gasteiger partial charge in [0.2, 0.25) is 0 Å². The zero-order chi connectivity index (χ0) is 9.90. The first kappa shape index (κ1) is 10.8. The molecule has 0 nitrogen and oxygen atoms in total. The molecule has 0 saturated carbocycles. The second-order valence-corrected chi connectivity index (χ2v) is 5.23. The Morgan fingerprint density at radius 1 is 1.38 bits per heavy atom. The van der Waals surface area contributed by atoms with Gasteiger partial charge in [0.05, 0.1) is 0 Å². The van der Waals surface area contributed by atoms with Crippen molar-refractivity contribution in [3.05, 3.63) is 12.2 Å². The van der Waals surface area contributed by atoms with Crippen LogP contribution in [0.3, 0.4) is 0 Å². The smallest absolute Gasteiger partial charge is 0.0228 e. The van der Waals surface area contributed by atoms with E-state index in [-0.39, 0.29) is 0 Å². The highest BCUT2D eigenvalue weighted by molar-refractivity contribution is 5.02. The lowest BCUT2D eigenvalue weighted by molar-refractivity contribution is 0.146. The SMILES string of the molecule is CCCCC1C(C)C=CCC1(C)C. The summed E-state index contributed by atoms with van der Waals surface area (Å²) in [7, 11) is 0. The van der Waals surface area contributed by atoms with Crippen LogP contribution in [0.15, 0.2) is 12.2 Å². The normalized spacial score (nSPS) is 32.0. The molecule has 13 heavy (non-hydrogen) atoms. The van der Waals surface area contributed by atoms with Crippen LogP contribution in [0.2, 0.25) is 0 Å². The van der Waals surface area contributed by atoms with Crippen LogP contribution < -0.4 is 0 Å². The zero-order valence-corrected chi connectivity index (χ0v) is 9.64. The molecule has 2 unspecified atom stereocenters. The van der Waals surface area contributed by atoms with Crippen molar-refractivity contribution >= 4 is 0 Å². The fourth-order valence-corrected chi connectivity index (χ4v) is 2.66. The topological polar surface area (TPSA) is 0 Å². The van der Waals surface area contributed by atoms with Crippen molar-refractivity contribution in [2.75, 3.05) is 0 Å². The van der Waals surface area contributed by atoms with E-state index in [1.54, 1.807) is 0 Å². The van der Waals surface area contributed by atoms with Crippen molar-refractivity contribution in [1.29, 1.82) is 0 Å². The summed E-state index contributed by atoms with van der Waals surface area (Å²) in [5.41, 5.74) is 0.531. The molecule has 0 fully saturated rings. The Morgan fingerprint density at radius 3 is 2.62 bits per heavy atom. The second-order valence-electron chi connectivity index (χ2n) is 5.23. The highest BCUT2D eigenvalue weighted by Crippen LogP contribution is 2.42. The van der Waals surface area contributed by atoms with Gasteiger partial charge in [0.1, 0.15) is 0 Å². The van der Waals surface area contributed by atoms with Gasteiger partial charge in [-0.2, -0.15) is 0 Å². The minimum Gasteiger partial charge on any atom is -0.0877 e. The van der Waals surface area contributed by atoms with Crippen molar-refractivity contribution in [3.63, 3.8) is 0 Å². The molecule has 0 aromatic carbocycles. The van der Waals surface area contributed by atoms with Crippen molar-refractivity contribution in [3.8, 4) is 0 Å². The van der Waals surface area contributed by atoms with E-state index < -0.39 is 0 Å². The van der Waals surface area contributed by atoms with E-state index in [4.69, 9.17) is 0 Å². The van der Waals surface area contributed by atoms with Gasteiger partial charge in [0, 0.05) is 0 Å². The Kier molecular flexibility index (Phi) is 3.58. The Bertz CT molecular complexity index is 176. The predicted molar refractivity (Wildman–Crippen MR) is 59.7 cm³/mol. The molecule has 1 aliphatic carbocycles. The maximum absolute atomic E-state index is 2.42. The molecule has 0 N–H and O–H groups in total. The highest BCUT2D eigenvalue weighted by Gasteiger charge is 2.33. The molecule has 1 aliphatic rings. The van der Waals surface area contributed by atoms with Gasteiger partial charge in [-0.05, 0) is 30.1 Å². The van der Waals surface area contributed by atoms with Gasteiger partial charge in [-0.25, -0.2) is 0 Å². The van der Waals surface area contributed by atoms with Gasteiger partial charge in [-0.15, -0.1) is 0 Å².